The Labute approximate surface area is 107 Å². The highest BCUT2D eigenvalue weighted by Crippen LogP contribution is 2.10. The third-order valence-corrected chi connectivity index (χ3v) is 3.56. The first kappa shape index (κ1) is 14.1. The minimum Gasteiger partial charge on any atom is -0.349 e. The Hall–Kier alpha value is -0.970. The van der Waals surface area contributed by atoms with Gasteiger partial charge >= 0.3 is 0 Å². The number of aromatic nitrogens is 2. The standard InChI is InChI=1S/C12H21N3OS/c1-5-17-7-6-8(2)13-12(16)11-9(3)14-15-10(11)4/h8H,5-7H2,1-4H3,(H,13,16)(H,14,15). The number of hydrogen-bond acceptors (Lipinski definition) is 3. The molecule has 5 heteroatoms. The predicted molar refractivity (Wildman–Crippen MR) is 72.6 cm³/mol. The van der Waals surface area contributed by atoms with E-state index in [2.05, 4.69) is 22.4 Å². The first-order valence-electron chi connectivity index (χ1n) is 5.96. The highest BCUT2D eigenvalue weighted by molar-refractivity contribution is 7.99. The van der Waals surface area contributed by atoms with Crippen LogP contribution in [-0.4, -0.2) is 33.7 Å². The van der Waals surface area contributed by atoms with E-state index in [4.69, 9.17) is 0 Å². The van der Waals surface area contributed by atoms with Crippen LogP contribution in [0, 0.1) is 13.8 Å². The van der Waals surface area contributed by atoms with Crippen molar-refractivity contribution < 1.29 is 4.79 Å². The molecule has 1 aromatic rings. The van der Waals surface area contributed by atoms with E-state index in [0.29, 0.717) is 5.56 Å². The number of H-pyrrole nitrogens is 1. The molecule has 0 fully saturated rings. The molecule has 4 nitrogen and oxygen atoms in total. The molecule has 0 spiro atoms. The van der Waals surface area contributed by atoms with Gasteiger partial charge in [0, 0.05) is 11.7 Å². The molecule has 1 rings (SSSR count). The molecule has 2 N–H and O–H groups in total. The van der Waals surface area contributed by atoms with E-state index in [1.54, 1.807) is 0 Å². The molecule has 0 aromatic carbocycles. The number of thioether (sulfide) groups is 1. The van der Waals surface area contributed by atoms with E-state index in [-0.39, 0.29) is 11.9 Å². The summed E-state index contributed by atoms with van der Waals surface area (Å²) in [5, 5.41) is 9.87. The number of nitrogens with zero attached hydrogens (tertiary/aromatic N) is 1. The molecule has 1 unspecified atom stereocenters. The van der Waals surface area contributed by atoms with E-state index in [1.807, 2.05) is 32.5 Å². The van der Waals surface area contributed by atoms with Crippen molar-refractivity contribution in [3.63, 3.8) is 0 Å². The zero-order valence-electron chi connectivity index (χ0n) is 11.0. The summed E-state index contributed by atoms with van der Waals surface area (Å²) in [7, 11) is 0. The molecule has 1 atom stereocenters. The normalized spacial score (nSPS) is 12.5. The second-order valence-electron chi connectivity index (χ2n) is 4.17. The van der Waals surface area contributed by atoms with Gasteiger partial charge < -0.3 is 5.32 Å². The monoisotopic (exact) mass is 255 g/mol. The summed E-state index contributed by atoms with van der Waals surface area (Å²) >= 11 is 1.90. The Morgan fingerprint density at radius 3 is 2.76 bits per heavy atom. The third kappa shape index (κ3) is 4.07. The highest BCUT2D eigenvalue weighted by atomic mass is 32.2. The Morgan fingerprint density at radius 1 is 1.53 bits per heavy atom. The molecule has 0 aliphatic rings. The van der Waals surface area contributed by atoms with E-state index < -0.39 is 0 Å². The van der Waals surface area contributed by atoms with Gasteiger partial charge in [0.15, 0.2) is 0 Å². The number of aromatic amines is 1. The molecule has 0 saturated carbocycles. The maximum absolute atomic E-state index is 12.0. The second-order valence-corrected chi connectivity index (χ2v) is 5.56. The summed E-state index contributed by atoms with van der Waals surface area (Å²) in [6.07, 6.45) is 1.00. The average Bonchev–Trinajstić information content (AvgIpc) is 2.58. The van der Waals surface area contributed by atoms with Crippen molar-refractivity contribution in [1.82, 2.24) is 15.5 Å². The minimum absolute atomic E-state index is 0.0252. The Bertz CT molecular complexity index is 356. The van der Waals surface area contributed by atoms with Crippen LogP contribution in [-0.2, 0) is 0 Å². The van der Waals surface area contributed by atoms with Gasteiger partial charge in [0.25, 0.3) is 5.91 Å². The maximum Gasteiger partial charge on any atom is 0.255 e. The van der Waals surface area contributed by atoms with Gasteiger partial charge in [-0.3, -0.25) is 9.89 Å². The van der Waals surface area contributed by atoms with Crippen LogP contribution in [0.15, 0.2) is 0 Å². The van der Waals surface area contributed by atoms with Crippen molar-refractivity contribution in [3.05, 3.63) is 17.0 Å². The number of carbonyl (C=O) groups excluding carboxylic acids is 1. The van der Waals surface area contributed by atoms with Gasteiger partial charge in [-0.05, 0) is 38.7 Å². The van der Waals surface area contributed by atoms with Crippen molar-refractivity contribution in [1.29, 1.82) is 0 Å². The molecule has 0 bridgehead atoms. The lowest BCUT2D eigenvalue weighted by atomic mass is 10.1. The molecule has 0 radical (unpaired) electrons. The topological polar surface area (TPSA) is 57.8 Å². The van der Waals surface area contributed by atoms with E-state index in [1.165, 1.54) is 0 Å². The van der Waals surface area contributed by atoms with Crippen molar-refractivity contribution in [2.75, 3.05) is 11.5 Å². The zero-order valence-corrected chi connectivity index (χ0v) is 11.8. The molecule has 17 heavy (non-hydrogen) atoms. The second kappa shape index (κ2) is 6.69. The van der Waals surface area contributed by atoms with Crippen LogP contribution < -0.4 is 5.32 Å². The molecule has 1 heterocycles. The number of carbonyl (C=O) groups is 1. The Balaban J connectivity index is 2.49. The molecule has 1 amide bonds. The summed E-state index contributed by atoms with van der Waals surface area (Å²) in [5.41, 5.74) is 2.27. The lowest BCUT2D eigenvalue weighted by molar-refractivity contribution is 0.0938. The van der Waals surface area contributed by atoms with Crippen LogP contribution in [0.1, 0.15) is 42.0 Å². The van der Waals surface area contributed by atoms with Crippen molar-refractivity contribution in [3.8, 4) is 0 Å². The molecule has 1 aromatic heterocycles. The maximum atomic E-state index is 12.0. The number of aryl methyl sites for hydroxylation is 2. The van der Waals surface area contributed by atoms with Gasteiger partial charge in [0.05, 0.1) is 11.3 Å². The lowest BCUT2D eigenvalue weighted by Gasteiger charge is -2.13. The van der Waals surface area contributed by atoms with Crippen molar-refractivity contribution in [2.24, 2.45) is 0 Å². The lowest BCUT2D eigenvalue weighted by Crippen LogP contribution is -2.33. The molecule has 96 valence electrons. The zero-order chi connectivity index (χ0) is 12.8. The van der Waals surface area contributed by atoms with Crippen LogP contribution >= 0.6 is 11.8 Å². The molecule has 0 saturated heterocycles. The summed E-state index contributed by atoms with van der Waals surface area (Å²) in [6, 6.07) is 0.204. The number of nitrogens with one attached hydrogen (secondary N) is 2. The van der Waals surface area contributed by atoms with Crippen LogP contribution in [0.2, 0.25) is 0 Å². The van der Waals surface area contributed by atoms with Gasteiger partial charge in [0.2, 0.25) is 0 Å². The van der Waals surface area contributed by atoms with Crippen LogP contribution in [0.3, 0.4) is 0 Å². The van der Waals surface area contributed by atoms with Crippen LogP contribution in [0.25, 0.3) is 0 Å². The summed E-state index contributed by atoms with van der Waals surface area (Å²) in [5.74, 6) is 2.18. The predicted octanol–water partition coefficient (Wildman–Crippen LogP) is 2.29. The van der Waals surface area contributed by atoms with Crippen molar-refractivity contribution in [2.45, 2.75) is 40.2 Å². The summed E-state index contributed by atoms with van der Waals surface area (Å²) < 4.78 is 0. The fraction of sp³-hybridized carbons (Fsp3) is 0.667. The molecular formula is C12H21N3OS. The van der Waals surface area contributed by atoms with Crippen LogP contribution in [0.4, 0.5) is 0 Å². The van der Waals surface area contributed by atoms with E-state index in [9.17, 15) is 4.79 Å². The Morgan fingerprint density at radius 2 is 2.24 bits per heavy atom. The van der Waals surface area contributed by atoms with E-state index >= 15 is 0 Å². The molecular weight excluding hydrogens is 234 g/mol. The fourth-order valence-electron chi connectivity index (χ4n) is 1.66. The molecule has 0 aliphatic carbocycles. The first-order valence-corrected chi connectivity index (χ1v) is 7.11. The van der Waals surface area contributed by atoms with E-state index in [0.717, 1.165) is 29.3 Å². The summed E-state index contributed by atoms with van der Waals surface area (Å²) in [4.78, 5) is 12.0. The SMILES string of the molecule is CCSCCC(C)NC(=O)c1c(C)n[nH]c1C. The number of hydrogen-bond donors (Lipinski definition) is 2. The Kier molecular flexibility index (Phi) is 5.55. The largest absolute Gasteiger partial charge is 0.349 e. The first-order chi connectivity index (χ1) is 8.06. The minimum atomic E-state index is -0.0252. The third-order valence-electron chi connectivity index (χ3n) is 2.63. The summed E-state index contributed by atoms with van der Waals surface area (Å²) in [6.45, 7) is 7.90. The number of rotatable bonds is 6. The van der Waals surface area contributed by atoms with Gasteiger partial charge in [-0.25, -0.2) is 0 Å². The fourth-order valence-corrected chi connectivity index (χ4v) is 2.47. The van der Waals surface area contributed by atoms with Gasteiger partial charge in [-0.15, -0.1) is 0 Å². The quantitative estimate of drug-likeness (QED) is 0.767. The van der Waals surface area contributed by atoms with Crippen molar-refractivity contribution >= 4 is 17.7 Å². The average molecular weight is 255 g/mol. The molecule has 0 aliphatic heterocycles. The highest BCUT2D eigenvalue weighted by Gasteiger charge is 2.16. The van der Waals surface area contributed by atoms with Gasteiger partial charge in [0.1, 0.15) is 0 Å². The van der Waals surface area contributed by atoms with Gasteiger partial charge in [-0.1, -0.05) is 6.92 Å². The van der Waals surface area contributed by atoms with Crippen LogP contribution in [0.5, 0.6) is 0 Å². The smallest absolute Gasteiger partial charge is 0.255 e. The van der Waals surface area contributed by atoms with Gasteiger partial charge in [-0.2, -0.15) is 16.9 Å². The number of amides is 1.